The second-order valence-corrected chi connectivity index (χ2v) is 13.5. The highest BCUT2D eigenvalue weighted by Crippen LogP contribution is 2.43. The normalized spacial score (nSPS) is 26.3. The standard InChI is InChI=1S/C35H38F3N5O2/c1-3-25-28(37)8-5-20-12-24(44)13-26(30(20)25)27-11-19(2)29-32(31(27)38)40-34(41-33(29)42-16-22-6-7-23(17-42)39-22)45-18-35-9-4-10-43(35)15-21(36)14-35/h5,8,11-13,21-23,39,44H,3-4,6-7,9-10,14-18H2,1-2H3/t21-,22-,23+,35+/m1/s1. The van der Waals surface area contributed by atoms with Crippen LogP contribution in [0, 0.1) is 18.6 Å². The molecule has 0 amide bonds. The Bertz CT molecular complexity index is 1820. The minimum absolute atomic E-state index is 0.0323. The Hall–Kier alpha value is -3.63. The molecule has 2 N–H and O–H groups in total. The van der Waals surface area contributed by atoms with Crippen LogP contribution in [0.4, 0.5) is 19.0 Å². The molecule has 2 bridgehead atoms. The van der Waals surface area contributed by atoms with Crippen LogP contribution in [0.15, 0.2) is 30.3 Å². The number of fused-ring (bicyclic) bond motifs is 5. The summed E-state index contributed by atoms with van der Waals surface area (Å²) in [4.78, 5) is 14.0. The average molecular weight is 618 g/mol. The summed E-state index contributed by atoms with van der Waals surface area (Å²) in [5.74, 6) is -0.347. The van der Waals surface area contributed by atoms with Gasteiger partial charge in [-0.15, -0.1) is 0 Å². The van der Waals surface area contributed by atoms with E-state index in [1.54, 1.807) is 18.2 Å². The van der Waals surface area contributed by atoms with E-state index in [2.05, 4.69) is 20.1 Å². The maximum Gasteiger partial charge on any atom is 0.319 e. The fraction of sp³-hybridized carbons (Fsp3) is 0.486. The summed E-state index contributed by atoms with van der Waals surface area (Å²) in [6, 6.07) is 8.56. The van der Waals surface area contributed by atoms with Crippen LogP contribution in [0.1, 0.15) is 50.2 Å². The quantitative estimate of drug-likeness (QED) is 0.267. The molecule has 10 heteroatoms. The molecule has 8 rings (SSSR count). The Morgan fingerprint density at radius 2 is 1.84 bits per heavy atom. The highest BCUT2D eigenvalue weighted by Gasteiger charge is 2.49. The Kier molecular flexibility index (Phi) is 6.87. The number of phenolic OH excluding ortho intramolecular Hbond substituents is 1. The molecule has 45 heavy (non-hydrogen) atoms. The lowest BCUT2D eigenvalue weighted by Crippen LogP contribution is -2.51. The monoisotopic (exact) mass is 617 g/mol. The second kappa shape index (κ2) is 10.7. The molecule has 1 aromatic heterocycles. The van der Waals surface area contributed by atoms with Crippen LogP contribution in [-0.2, 0) is 6.42 Å². The van der Waals surface area contributed by atoms with Gasteiger partial charge in [-0.2, -0.15) is 9.97 Å². The van der Waals surface area contributed by atoms with Crippen LogP contribution < -0.4 is 15.0 Å². The molecule has 3 aromatic carbocycles. The van der Waals surface area contributed by atoms with E-state index >= 15 is 8.78 Å². The van der Waals surface area contributed by atoms with Gasteiger partial charge >= 0.3 is 6.01 Å². The molecule has 4 saturated heterocycles. The van der Waals surface area contributed by atoms with Crippen LogP contribution in [0.2, 0.25) is 0 Å². The molecule has 4 aromatic rings. The first kappa shape index (κ1) is 28.8. The number of halogens is 3. The second-order valence-electron chi connectivity index (χ2n) is 13.5. The Balaban J connectivity index is 1.30. The van der Waals surface area contributed by atoms with E-state index in [4.69, 9.17) is 9.72 Å². The van der Waals surface area contributed by atoms with Gasteiger partial charge in [-0.25, -0.2) is 13.2 Å². The van der Waals surface area contributed by atoms with Crippen LogP contribution in [0.25, 0.3) is 32.8 Å². The zero-order valence-electron chi connectivity index (χ0n) is 25.7. The topological polar surface area (TPSA) is 73.8 Å². The first-order valence-electron chi connectivity index (χ1n) is 16.2. The predicted molar refractivity (Wildman–Crippen MR) is 169 cm³/mol. The van der Waals surface area contributed by atoms with Gasteiger partial charge < -0.3 is 20.1 Å². The van der Waals surface area contributed by atoms with Crippen molar-refractivity contribution in [2.24, 2.45) is 0 Å². The first-order chi connectivity index (χ1) is 21.7. The minimum atomic E-state index is -0.893. The van der Waals surface area contributed by atoms with Gasteiger partial charge in [0, 0.05) is 49.1 Å². The number of alkyl halides is 1. The molecule has 0 radical (unpaired) electrons. The molecular weight excluding hydrogens is 579 g/mol. The van der Waals surface area contributed by atoms with Gasteiger partial charge in [0.1, 0.15) is 35.7 Å². The van der Waals surface area contributed by atoms with E-state index < -0.39 is 17.5 Å². The van der Waals surface area contributed by atoms with Crippen molar-refractivity contribution in [3.63, 3.8) is 0 Å². The SMILES string of the molecule is CCc1c(F)ccc2cc(O)cc(-c3cc(C)c4c(N5C[C@H]6CC[C@@H](C5)N6)nc(OC[C@@]56CCCN5C[C@H](F)C6)nc4c3F)c12. The number of aromatic nitrogens is 2. The number of piperazine rings is 1. The smallest absolute Gasteiger partial charge is 0.319 e. The predicted octanol–water partition coefficient (Wildman–Crippen LogP) is 6.20. The zero-order chi connectivity index (χ0) is 31.0. The lowest BCUT2D eigenvalue weighted by Gasteiger charge is -2.35. The fourth-order valence-electron chi connectivity index (χ4n) is 8.60. The summed E-state index contributed by atoms with van der Waals surface area (Å²) < 4.78 is 52.9. The third kappa shape index (κ3) is 4.71. The first-order valence-corrected chi connectivity index (χ1v) is 16.2. The van der Waals surface area contributed by atoms with Crippen LogP contribution in [0.5, 0.6) is 11.8 Å². The molecule has 4 aliphatic rings. The number of phenols is 1. The van der Waals surface area contributed by atoms with Crippen LogP contribution in [-0.4, -0.2) is 76.6 Å². The van der Waals surface area contributed by atoms with Crippen molar-refractivity contribution in [3.8, 4) is 22.9 Å². The van der Waals surface area contributed by atoms with Crippen molar-refractivity contribution >= 4 is 27.5 Å². The van der Waals surface area contributed by atoms with Crippen molar-refractivity contribution in [2.45, 2.75) is 76.2 Å². The Labute approximate surface area is 260 Å². The van der Waals surface area contributed by atoms with Gasteiger partial charge in [-0.05, 0) is 97.3 Å². The van der Waals surface area contributed by atoms with Crippen molar-refractivity contribution in [1.82, 2.24) is 20.2 Å². The molecule has 4 atom stereocenters. The molecule has 0 saturated carbocycles. The highest BCUT2D eigenvalue weighted by atomic mass is 19.1. The number of nitrogens with zero attached hydrogens (tertiary/aromatic N) is 4. The van der Waals surface area contributed by atoms with E-state index in [9.17, 15) is 9.50 Å². The summed E-state index contributed by atoms with van der Waals surface area (Å²) in [5.41, 5.74) is 1.60. The summed E-state index contributed by atoms with van der Waals surface area (Å²) in [6.45, 7) is 6.74. The summed E-state index contributed by atoms with van der Waals surface area (Å²) in [5, 5.41) is 16.1. The van der Waals surface area contributed by atoms with E-state index in [1.807, 2.05) is 13.8 Å². The molecule has 4 aliphatic heterocycles. The van der Waals surface area contributed by atoms with Gasteiger partial charge in [0.05, 0.1) is 5.54 Å². The Morgan fingerprint density at radius 3 is 2.62 bits per heavy atom. The van der Waals surface area contributed by atoms with Crippen LogP contribution in [0.3, 0.4) is 0 Å². The third-order valence-corrected chi connectivity index (χ3v) is 10.6. The van der Waals surface area contributed by atoms with Gasteiger partial charge in [-0.1, -0.05) is 13.0 Å². The van der Waals surface area contributed by atoms with Gasteiger partial charge in [0.2, 0.25) is 0 Å². The number of benzene rings is 3. The molecule has 0 unspecified atom stereocenters. The van der Waals surface area contributed by atoms with Crippen molar-refractivity contribution < 1.29 is 23.0 Å². The van der Waals surface area contributed by atoms with Gasteiger partial charge in [-0.3, -0.25) is 4.90 Å². The Morgan fingerprint density at radius 1 is 1.04 bits per heavy atom. The summed E-state index contributed by atoms with van der Waals surface area (Å²) in [7, 11) is 0. The maximum atomic E-state index is 17.0. The molecule has 5 heterocycles. The summed E-state index contributed by atoms with van der Waals surface area (Å²) >= 11 is 0. The fourth-order valence-corrected chi connectivity index (χ4v) is 8.60. The number of rotatable bonds is 6. The van der Waals surface area contributed by atoms with Gasteiger partial charge in [0.25, 0.3) is 0 Å². The molecule has 236 valence electrons. The van der Waals surface area contributed by atoms with E-state index in [-0.39, 0.29) is 35.3 Å². The highest BCUT2D eigenvalue weighted by molar-refractivity contribution is 6.04. The lowest BCUT2D eigenvalue weighted by molar-refractivity contribution is 0.107. The number of hydrogen-bond acceptors (Lipinski definition) is 7. The van der Waals surface area contributed by atoms with Crippen molar-refractivity contribution in [2.75, 3.05) is 37.7 Å². The average Bonchev–Trinajstić information content (AvgIpc) is 3.67. The molecular formula is C35H38F3N5O2. The summed E-state index contributed by atoms with van der Waals surface area (Å²) in [6.07, 6.45) is 3.91. The molecule has 4 fully saturated rings. The van der Waals surface area contributed by atoms with E-state index in [1.165, 1.54) is 12.1 Å². The zero-order valence-corrected chi connectivity index (χ0v) is 25.7. The molecule has 7 nitrogen and oxygen atoms in total. The van der Waals surface area contributed by atoms with Crippen molar-refractivity contribution in [1.29, 1.82) is 0 Å². The molecule has 0 aliphatic carbocycles. The number of hydrogen-bond donors (Lipinski definition) is 2. The van der Waals surface area contributed by atoms with Gasteiger partial charge in [0.15, 0.2) is 5.82 Å². The lowest BCUT2D eigenvalue weighted by atomic mass is 9.91. The third-order valence-electron chi connectivity index (χ3n) is 10.6. The van der Waals surface area contributed by atoms with Crippen molar-refractivity contribution in [3.05, 3.63) is 53.1 Å². The number of aryl methyl sites for hydroxylation is 2. The van der Waals surface area contributed by atoms with E-state index in [0.717, 1.165) is 50.9 Å². The maximum absolute atomic E-state index is 17.0. The molecule has 0 spiro atoms. The number of ether oxygens (including phenoxy) is 1. The van der Waals surface area contributed by atoms with E-state index in [0.29, 0.717) is 64.6 Å². The number of nitrogens with one attached hydrogen (secondary N) is 1. The minimum Gasteiger partial charge on any atom is -0.508 e. The number of anilines is 1. The van der Waals surface area contributed by atoms with Crippen LogP contribution >= 0.6 is 0 Å². The largest absolute Gasteiger partial charge is 0.508 e. The number of aromatic hydroxyl groups is 1.